The molecule has 0 bridgehead atoms. The third kappa shape index (κ3) is 1.71. The number of likely N-dealkylation sites (tertiary alicyclic amines) is 1. The van der Waals surface area contributed by atoms with E-state index in [0.29, 0.717) is 19.8 Å². The number of piperidine rings is 1. The van der Waals surface area contributed by atoms with Crippen molar-refractivity contribution in [3.63, 3.8) is 0 Å². The number of hydrogen-bond donors (Lipinski definition) is 2. The first-order valence-corrected chi connectivity index (χ1v) is 6.16. The van der Waals surface area contributed by atoms with Crippen LogP contribution in [-0.4, -0.2) is 35.9 Å². The molecule has 96 valence electrons. The van der Waals surface area contributed by atoms with Gasteiger partial charge < -0.3 is 20.1 Å². The van der Waals surface area contributed by atoms with Gasteiger partial charge in [0.05, 0.1) is 0 Å². The molecule has 0 unspecified atom stereocenters. The first-order chi connectivity index (χ1) is 8.71. The fraction of sp³-hybridized carbons (Fsp3) is 0.462. The number of anilines is 1. The topological polar surface area (TPSA) is 61.8 Å². The van der Waals surface area contributed by atoms with Crippen LogP contribution in [0.5, 0.6) is 0 Å². The van der Waals surface area contributed by atoms with Crippen molar-refractivity contribution in [1.82, 2.24) is 4.90 Å². The molecule has 5 heteroatoms. The molecular formula is C13H16N2O3. The molecule has 0 saturated carbocycles. The second-order valence-corrected chi connectivity index (χ2v) is 4.77. The van der Waals surface area contributed by atoms with Crippen LogP contribution in [0.2, 0.25) is 0 Å². The van der Waals surface area contributed by atoms with Crippen LogP contribution in [0, 0.1) is 0 Å². The average Bonchev–Trinajstić information content (AvgIpc) is 2.40. The first kappa shape index (κ1) is 11.3. The third-order valence-corrected chi connectivity index (χ3v) is 3.87. The molecule has 3 rings (SSSR count). The van der Waals surface area contributed by atoms with E-state index in [1.54, 1.807) is 0 Å². The molecular weight excluding hydrogens is 232 g/mol. The van der Waals surface area contributed by atoms with Crippen LogP contribution in [0.25, 0.3) is 0 Å². The van der Waals surface area contributed by atoms with Crippen molar-refractivity contribution >= 4 is 11.8 Å². The van der Waals surface area contributed by atoms with Gasteiger partial charge in [-0.05, 0) is 18.9 Å². The van der Waals surface area contributed by atoms with Gasteiger partial charge >= 0.3 is 6.09 Å². The second kappa shape index (κ2) is 4.17. The largest absolute Gasteiger partial charge is 0.465 e. The van der Waals surface area contributed by atoms with E-state index in [1.165, 1.54) is 4.90 Å². The smallest absolute Gasteiger partial charge is 0.407 e. The molecule has 2 heterocycles. The van der Waals surface area contributed by atoms with E-state index in [0.717, 1.165) is 24.1 Å². The van der Waals surface area contributed by atoms with Gasteiger partial charge in [0.25, 0.3) is 0 Å². The van der Waals surface area contributed by atoms with Crippen molar-refractivity contribution in [1.29, 1.82) is 0 Å². The number of nitrogens with one attached hydrogen (secondary N) is 1. The highest BCUT2D eigenvalue weighted by molar-refractivity contribution is 5.65. The number of carbonyl (C=O) groups is 1. The van der Waals surface area contributed by atoms with Crippen LogP contribution < -0.4 is 5.32 Å². The molecule has 0 aromatic heterocycles. The Bertz CT molecular complexity index is 467. The molecule has 1 amide bonds. The predicted octanol–water partition coefficient (Wildman–Crippen LogP) is 2.06. The van der Waals surface area contributed by atoms with Gasteiger partial charge in [-0.1, -0.05) is 18.2 Å². The van der Waals surface area contributed by atoms with Crippen LogP contribution in [0.15, 0.2) is 24.3 Å². The lowest BCUT2D eigenvalue weighted by atomic mass is 9.82. The summed E-state index contributed by atoms with van der Waals surface area (Å²) < 4.78 is 5.93. The summed E-state index contributed by atoms with van der Waals surface area (Å²) in [5.74, 6) is 0. The normalized spacial score (nSPS) is 21.2. The number of ether oxygens (including phenoxy) is 1. The molecule has 2 aliphatic rings. The van der Waals surface area contributed by atoms with Crippen LogP contribution in [-0.2, 0) is 10.3 Å². The minimum Gasteiger partial charge on any atom is -0.465 e. The summed E-state index contributed by atoms with van der Waals surface area (Å²) in [6, 6.07) is 8.11. The SMILES string of the molecule is O=C(O)N1CCC2(CC1)OCNc1ccccc12. The van der Waals surface area contributed by atoms with Crippen LogP contribution >= 0.6 is 0 Å². The van der Waals surface area contributed by atoms with Crippen LogP contribution in [0.1, 0.15) is 18.4 Å². The number of para-hydroxylation sites is 1. The van der Waals surface area contributed by atoms with Gasteiger partial charge in [-0.25, -0.2) is 4.79 Å². The molecule has 1 aromatic carbocycles. The standard InChI is InChI=1S/C13H16N2O3/c16-12(17)15-7-5-13(6-8-15)10-3-1-2-4-11(10)14-9-18-13/h1-4,14H,5-9H2,(H,16,17). The maximum atomic E-state index is 10.9. The second-order valence-electron chi connectivity index (χ2n) is 4.77. The summed E-state index contributed by atoms with van der Waals surface area (Å²) in [5.41, 5.74) is 1.95. The number of benzene rings is 1. The highest BCUT2D eigenvalue weighted by Crippen LogP contribution is 2.42. The zero-order chi connectivity index (χ0) is 12.6. The zero-order valence-electron chi connectivity index (χ0n) is 10.1. The Morgan fingerprint density at radius 3 is 2.78 bits per heavy atom. The Kier molecular flexibility index (Phi) is 2.63. The van der Waals surface area contributed by atoms with Gasteiger partial charge in [-0.15, -0.1) is 0 Å². The Morgan fingerprint density at radius 2 is 2.06 bits per heavy atom. The van der Waals surface area contributed by atoms with Gasteiger partial charge in [0.1, 0.15) is 12.3 Å². The highest BCUT2D eigenvalue weighted by atomic mass is 16.5. The minimum atomic E-state index is -0.841. The number of fused-ring (bicyclic) bond motifs is 2. The van der Waals surface area contributed by atoms with Crippen molar-refractivity contribution in [2.24, 2.45) is 0 Å². The van der Waals surface area contributed by atoms with E-state index in [4.69, 9.17) is 9.84 Å². The average molecular weight is 248 g/mol. The van der Waals surface area contributed by atoms with Gasteiger partial charge in [0.15, 0.2) is 0 Å². The fourth-order valence-electron chi connectivity index (χ4n) is 2.84. The summed E-state index contributed by atoms with van der Waals surface area (Å²) in [6.07, 6.45) is 0.600. The molecule has 0 radical (unpaired) electrons. The van der Waals surface area contributed by atoms with Gasteiger partial charge in [-0.3, -0.25) is 0 Å². The number of hydrogen-bond acceptors (Lipinski definition) is 3. The van der Waals surface area contributed by atoms with E-state index in [-0.39, 0.29) is 5.60 Å². The Hall–Kier alpha value is -1.75. The summed E-state index contributed by atoms with van der Waals surface area (Å²) >= 11 is 0. The van der Waals surface area contributed by atoms with E-state index in [9.17, 15) is 4.79 Å². The van der Waals surface area contributed by atoms with E-state index in [1.807, 2.05) is 18.2 Å². The maximum absolute atomic E-state index is 10.9. The van der Waals surface area contributed by atoms with Gasteiger partial charge in [0.2, 0.25) is 0 Å². The molecule has 18 heavy (non-hydrogen) atoms. The highest BCUT2D eigenvalue weighted by Gasteiger charge is 2.41. The van der Waals surface area contributed by atoms with Gasteiger partial charge in [-0.2, -0.15) is 0 Å². The Morgan fingerprint density at radius 1 is 1.33 bits per heavy atom. The Labute approximate surface area is 105 Å². The lowest BCUT2D eigenvalue weighted by molar-refractivity contribution is -0.0843. The van der Waals surface area contributed by atoms with Gasteiger partial charge in [0, 0.05) is 24.3 Å². The molecule has 1 aromatic rings. The zero-order valence-corrected chi connectivity index (χ0v) is 10.1. The monoisotopic (exact) mass is 248 g/mol. The molecule has 2 aliphatic heterocycles. The van der Waals surface area contributed by atoms with Crippen molar-refractivity contribution in [3.8, 4) is 0 Å². The van der Waals surface area contributed by atoms with Crippen molar-refractivity contribution in [2.45, 2.75) is 18.4 Å². The molecule has 5 nitrogen and oxygen atoms in total. The van der Waals surface area contributed by atoms with E-state index < -0.39 is 6.09 Å². The number of nitrogens with zero attached hydrogens (tertiary/aromatic N) is 1. The third-order valence-electron chi connectivity index (χ3n) is 3.87. The molecule has 1 spiro atoms. The molecule has 2 N–H and O–H groups in total. The van der Waals surface area contributed by atoms with E-state index in [2.05, 4.69) is 11.4 Å². The predicted molar refractivity (Wildman–Crippen MR) is 66.5 cm³/mol. The lowest BCUT2D eigenvalue weighted by Crippen LogP contribution is -2.48. The number of carboxylic acid groups (broad SMARTS) is 1. The van der Waals surface area contributed by atoms with E-state index >= 15 is 0 Å². The van der Waals surface area contributed by atoms with Crippen LogP contribution in [0.3, 0.4) is 0 Å². The lowest BCUT2D eigenvalue weighted by Gasteiger charge is -2.44. The summed E-state index contributed by atoms with van der Waals surface area (Å²) in [5, 5.41) is 12.2. The summed E-state index contributed by atoms with van der Waals surface area (Å²) in [6.45, 7) is 1.55. The summed E-state index contributed by atoms with van der Waals surface area (Å²) in [7, 11) is 0. The summed E-state index contributed by atoms with van der Waals surface area (Å²) in [4.78, 5) is 12.4. The quantitative estimate of drug-likeness (QED) is 0.737. The van der Waals surface area contributed by atoms with Crippen molar-refractivity contribution in [2.75, 3.05) is 25.1 Å². The fourth-order valence-corrected chi connectivity index (χ4v) is 2.84. The van der Waals surface area contributed by atoms with Crippen LogP contribution in [0.4, 0.5) is 10.5 Å². The number of rotatable bonds is 0. The van der Waals surface area contributed by atoms with Crippen molar-refractivity contribution in [3.05, 3.63) is 29.8 Å². The minimum absolute atomic E-state index is 0.312. The Balaban J connectivity index is 1.88. The molecule has 0 aliphatic carbocycles. The molecule has 0 atom stereocenters. The molecule has 1 fully saturated rings. The maximum Gasteiger partial charge on any atom is 0.407 e. The first-order valence-electron chi connectivity index (χ1n) is 6.16. The molecule has 1 saturated heterocycles. The number of amides is 1. The van der Waals surface area contributed by atoms with Crippen molar-refractivity contribution < 1.29 is 14.6 Å².